The summed E-state index contributed by atoms with van der Waals surface area (Å²) in [6.45, 7) is 4.47. The van der Waals surface area contributed by atoms with Crippen LogP contribution in [0, 0.1) is 0 Å². The molecule has 0 aliphatic heterocycles. The number of rotatable bonds is 6. The van der Waals surface area contributed by atoms with E-state index in [0.29, 0.717) is 6.54 Å². The molecule has 0 heterocycles. The fourth-order valence-electron chi connectivity index (χ4n) is 2.13. The van der Waals surface area contributed by atoms with E-state index in [2.05, 4.69) is 36.6 Å². The first-order valence-corrected chi connectivity index (χ1v) is 7.36. The molecule has 0 fully saturated rings. The minimum Gasteiger partial charge on any atom is -0.325 e. The second kappa shape index (κ2) is 7.60. The lowest BCUT2D eigenvalue weighted by Gasteiger charge is -2.14. The van der Waals surface area contributed by atoms with Gasteiger partial charge in [-0.05, 0) is 36.6 Å². The summed E-state index contributed by atoms with van der Waals surface area (Å²) in [6.07, 6.45) is 1.00. The van der Waals surface area contributed by atoms with Crippen molar-refractivity contribution >= 4 is 11.6 Å². The van der Waals surface area contributed by atoms with Crippen LogP contribution in [0.15, 0.2) is 54.6 Å². The van der Waals surface area contributed by atoms with Gasteiger partial charge in [0.2, 0.25) is 5.91 Å². The number of aryl methyl sites for hydroxylation is 1. The van der Waals surface area contributed by atoms with Gasteiger partial charge in [-0.2, -0.15) is 0 Å². The number of hydrogen-bond donors (Lipinski definition) is 2. The summed E-state index contributed by atoms with van der Waals surface area (Å²) in [7, 11) is 0. The Morgan fingerprint density at radius 1 is 1.05 bits per heavy atom. The number of amides is 1. The second-order valence-corrected chi connectivity index (χ2v) is 5.11. The highest BCUT2D eigenvalue weighted by molar-refractivity contribution is 5.92. The molecule has 0 radical (unpaired) electrons. The average Bonchev–Trinajstić information content (AvgIpc) is 2.54. The van der Waals surface area contributed by atoms with E-state index in [1.165, 1.54) is 11.1 Å². The first-order valence-electron chi connectivity index (χ1n) is 7.36. The third-order valence-electron chi connectivity index (χ3n) is 3.51. The maximum Gasteiger partial charge on any atom is 0.238 e. The quantitative estimate of drug-likeness (QED) is 0.851. The SMILES string of the molecule is CCc1ccc(NC(=O)CN[C@@H](C)c2ccccc2)cc1. The number of nitrogens with one attached hydrogen (secondary N) is 2. The Bertz CT molecular complexity index is 564. The summed E-state index contributed by atoms with van der Waals surface area (Å²) in [5.74, 6) is -0.0259. The molecule has 0 saturated carbocycles. The Balaban J connectivity index is 1.81. The number of hydrogen-bond acceptors (Lipinski definition) is 2. The maximum absolute atomic E-state index is 11.9. The Kier molecular flexibility index (Phi) is 5.52. The normalized spacial score (nSPS) is 11.9. The lowest BCUT2D eigenvalue weighted by atomic mass is 10.1. The molecule has 0 unspecified atom stereocenters. The Hall–Kier alpha value is -2.13. The molecule has 2 N–H and O–H groups in total. The van der Waals surface area contributed by atoms with E-state index in [1.54, 1.807) is 0 Å². The van der Waals surface area contributed by atoms with Gasteiger partial charge in [0.25, 0.3) is 0 Å². The van der Waals surface area contributed by atoms with Gasteiger partial charge in [-0.1, -0.05) is 49.4 Å². The highest BCUT2D eigenvalue weighted by Crippen LogP contribution is 2.12. The van der Waals surface area contributed by atoms with Crippen LogP contribution in [0.3, 0.4) is 0 Å². The summed E-state index contributed by atoms with van der Waals surface area (Å²) in [4.78, 5) is 11.9. The summed E-state index contributed by atoms with van der Waals surface area (Å²) in [6, 6.07) is 18.2. The van der Waals surface area contributed by atoms with Crippen LogP contribution in [-0.4, -0.2) is 12.5 Å². The minimum absolute atomic E-state index is 0.0259. The van der Waals surface area contributed by atoms with Gasteiger partial charge in [-0.25, -0.2) is 0 Å². The zero-order chi connectivity index (χ0) is 15.1. The Morgan fingerprint density at radius 2 is 1.71 bits per heavy atom. The van der Waals surface area contributed by atoms with Gasteiger partial charge < -0.3 is 10.6 Å². The maximum atomic E-state index is 11.9. The van der Waals surface area contributed by atoms with Crippen molar-refractivity contribution in [1.29, 1.82) is 0 Å². The molecule has 0 aliphatic rings. The summed E-state index contributed by atoms with van der Waals surface area (Å²) in [5, 5.41) is 6.13. The average molecular weight is 282 g/mol. The van der Waals surface area contributed by atoms with E-state index in [0.717, 1.165) is 12.1 Å². The number of benzene rings is 2. The Labute approximate surface area is 126 Å². The molecule has 3 heteroatoms. The van der Waals surface area contributed by atoms with Crippen LogP contribution >= 0.6 is 0 Å². The molecular formula is C18H22N2O. The predicted octanol–water partition coefficient (Wildman–Crippen LogP) is 3.54. The third kappa shape index (κ3) is 4.72. The molecule has 1 atom stereocenters. The van der Waals surface area contributed by atoms with Crippen molar-refractivity contribution in [3.63, 3.8) is 0 Å². The molecule has 3 nitrogen and oxygen atoms in total. The van der Waals surface area contributed by atoms with Crippen molar-refractivity contribution in [2.24, 2.45) is 0 Å². The predicted molar refractivity (Wildman–Crippen MR) is 87.3 cm³/mol. The monoisotopic (exact) mass is 282 g/mol. The molecule has 0 aromatic heterocycles. The van der Waals surface area contributed by atoms with Crippen LogP contribution in [0.1, 0.15) is 31.0 Å². The fraction of sp³-hybridized carbons (Fsp3) is 0.278. The molecule has 110 valence electrons. The van der Waals surface area contributed by atoms with Crippen LogP contribution in [-0.2, 0) is 11.2 Å². The molecule has 0 spiro atoms. The van der Waals surface area contributed by atoms with Crippen molar-refractivity contribution in [2.75, 3.05) is 11.9 Å². The molecule has 0 aliphatic carbocycles. The van der Waals surface area contributed by atoms with Crippen molar-refractivity contribution in [1.82, 2.24) is 5.32 Å². The Morgan fingerprint density at radius 3 is 2.33 bits per heavy atom. The van der Waals surface area contributed by atoms with E-state index in [1.807, 2.05) is 42.5 Å². The van der Waals surface area contributed by atoms with Gasteiger partial charge in [0.15, 0.2) is 0 Å². The third-order valence-corrected chi connectivity index (χ3v) is 3.51. The molecule has 2 aromatic rings. The van der Waals surface area contributed by atoms with Crippen LogP contribution in [0.5, 0.6) is 0 Å². The molecular weight excluding hydrogens is 260 g/mol. The van der Waals surface area contributed by atoms with Gasteiger partial charge in [0.1, 0.15) is 0 Å². The zero-order valence-corrected chi connectivity index (χ0v) is 12.6. The number of anilines is 1. The zero-order valence-electron chi connectivity index (χ0n) is 12.6. The molecule has 0 bridgehead atoms. The van der Waals surface area contributed by atoms with E-state index in [9.17, 15) is 4.79 Å². The van der Waals surface area contributed by atoms with Gasteiger partial charge >= 0.3 is 0 Å². The van der Waals surface area contributed by atoms with Crippen LogP contribution < -0.4 is 10.6 Å². The minimum atomic E-state index is -0.0259. The standard InChI is InChI=1S/C18H22N2O/c1-3-15-9-11-17(12-10-15)20-18(21)13-19-14(2)16-7-5-4-6-8-16/h4-12,14,19H,3,13H2,1-2H3,(H,20,21)/t14-/m0/s1. The van der Waals surface area contributed by atoms with Gasteiger partial charge in [-0.15, -0.1) is 0 Å². The summed E-state index contributed by atoms with van der Waals surface area (Å²) in [5.41, 5.74) is 3.28. The van der Waals surface area contributed by atoms with Gasteiger partial charge in [-0.3, -0.25) is 4.79 Å². The highest BCUT2D eigenvalue weighted by Gasteiger charge is 2.07. The molecule has 2 rings (SSSR count). The van der Waals surface area contributed by atoms with E-state index < -0.39 is 0 Å². The second-order valence-electron chi connectivity index (χ2n) is 5.11. The van der Waals surface area contributed by atoms with Crippen molar-refractivity contribution in [2.45, 2.75) is 26.3 Å². The summed E-state index contributed by atoms with van der Waals surface area (Å²) >= 11 is 0. The van der Waals surface area contributed by atoms with Crippen LogP contribution in [0.2, 0.25) is 0 Å². The number of carbonyl (C=O) groups excluding carboxylic acids is 1. The number of carbonyl (C=O) groups is 1. The van der Waals surface area contributed by atoms with Gasteiger partial charge in [0.05, 0.1) is 6.54 Å². The lowest BCUT2D eigenvalue weighted by molar-refractivity contribution is -0.115. The molecule has 1 amide bonds. The van der Waals surface area contributed by atoms with Crippen LogP contribution in [0.25, 0.3) is 0 Å². The lowest BCUT2D eigenvalue weighted by Crippen LogP contribution is -2.30. The largest absolute Gasteiger partial charge is 0.325 e. The van der Waals surface area contributed by atoms with Gasteiger partial charge in [0, 0.05) is 11.7 Å². The smallest absolute Gasteiger partial charge is 0.238 e. The first kappa shape index (κ1) is 15.3. The van der Waals surface area contributed by atoms with Crippen molar-refractivity contribution in [3.8, 4) is 0 Å². The first-order chi connectivity index (χ1) is 10.2. The van der Waals surface area contributed by atoms with Crippen molar-refractivity contribution < 1.29 is 4.79 Å². The van der Waals surface area contributed by atoms with Crippen LogP contribution in [0.4, 0.5) is 5.69 Å². The van der Waals surface area contributed by atoms with E-state index in [4.69, 9.17) is 0 Å². The fourth-order valence-corrected chi connectivity index (χ4v) is 2.13. The summed E-state index contributed by atoms with van der Waals surface area (Å²) < 4.78 is 0. The molecule has 21 heavy (non-hydrogen) atoms. The topological polar surface area (TPSA) is 41.1 Å². The molecule has 0 saturated heterocycles. The van der Waals surface area contributed by atoms with E-state index >= 15 is 0 Å². The highest BCUT2D eigenvalue weighted by atomic mass is 16.1. The molecule has 2 aromatic carbocycles. The van der Waals surface area contributed by atoms with Crippen molar-refractivity contribution in [3.05, 3.63) is 65.7 Å². The van der Waals surface area contributed by atoms with E-state index in [-0.39, 0.29) is 11.9 Å².